The van der Waals surface area contributed by atoms with Crippen LogP contribution in [-0.4, -0.2) is 23.3 Å². The van der Waals surface area contributed by atoms with E-state index in [9.17, 15) is 0 Å². The van der Waals surface area contributed by atoms with Gasteiger partial charge >= 0.3 is 0 Å². The lowest BCUT2D eigenvalue weighted by Gasteiger charge is -2.26. The van der Waals surface area contributed by atoms with Crippen LogP contribution in [0, 0.1) is 0 Å². The summed E-state index contributed by atoms with van der Waals surface area (Å²) >= 11 is 0. The van der Waals surface area contributed by atoms with Gasteiger partial charge in [0, 0.05) is 31.0 Å². The van der Waals surface area contributed by atoms with Crippen molar-refractivity contribution in [3.05, 3.63) is 42.0 Å². The van der Waals surface area contributed by atoms with Crippen LogP contribution in [0.3, 0.4) is 0 Å². The summed E-state index contributed by atoms with van der Waals surface area (Å²) in [5.74, 6) is 1.73. The van der Waals surface area contributed by atoms with E-state index in [0.29, 0.717) is 6.04 Å². The number of nitrogens with one attached hydrogen (secondary N) is 1. The van der Waals surface area contributed by atoms with E-state index in [4.69, 9.17) is 9.26 Å². The summed E-state index contributed by atoms with van der Waals surface area (Å²) in [6, 6.07) is 8.52. The summed E-state index contributed by atoms with van der Waals surface area (Å²) in [5.41, 5.74) is 1.23. The van der Waals surface area contributed by atoms with Crippen molar-refractivity contribution >= 4 is 0 Å². The van der Waals surface area contributed by atoms with E-state index in [1.165, 1.54) is 12.0 Å². The van der Waals surface area contributed by atoms with Crippen molar-refractivity contribution in [3.8, 4) is 5.75 Å². The molecule has 0 bridgehead atoms. The van der Waals surface area contributed by atoms with Crippen molar-refractivity contribution in [2.45, 2.75) is 18.9 Å². The van der Waals surface area contributed by atoms with Crippen LogP contribution in [-0.2, 0) is 6.42 Å². The number of ether oxygens (including phenoxy) is 1. The maximum Gasteiger partial charge on any atom is 0.213 e. The zero-order chi connectivity index (χ0) is 12.2. The van der Waals surface area contributed by atoms with Crippen LogP contribution in [0.5, 0.6) is 5.75 Å². The summed E-state index contributed by atoms with van der Waals surface area (Å²) in [7, 11) is 0. The molecular formula is C13H15N3O2. The number of fused-ring (bicyclic) bond motifs is 1. The van der Waals surface area contributed by atoms with Crippen LogP contribution in [0.25, 0.3) is 0 Å². The minimum absolute atomic E-state index is 0.349. The highest BCUT2D eigenvalue weighted by Gasteiger charge is 2.20. The zero-order valence-corrected chi connectivity index (χ0v) is 10.0. The highest BCUT2D eigenvalue weighted by molar-refractivity contribution is 5.37. The second kappa shape index (κ2) is 5.18. The molecule has 94 valence electrons. The van der Waals surface area contributed by atoms with Gasteiger partial charge in [-0.2, -0.15) is 4.98 Å². The molecule has 1 aromatic carbocycles. The number of hydrogen-bond donors (Lipinski definition) is 1. The Morgan fingerprint density at radius 3 is 3.17 bits per heavy atom. The lowest BCUT2D eigenvalue weighted by atomic mass is 10.0. The van der Waals surface area contributed by atoms with E-state index in [0.717, 1.165) is 37.6 Å². The second-order valence-corrected chi connectivity index (χ2v) is 4.28. The topological polar surface area (TPSA) is 60.2 Å². The van der Waals surface area contributed by atoms with Crippen LogP contribution in [0.1, 0.15) is 23.9 Å². The van der Waals surface area contributed by atoms with E-state index in [1.807, 2.05) is 18.2 Å². The van der Waals surface area contributed by atoms with E-state index in [-0.39, 0.29) is 0 Å². The predicted molar refractivity (Wildman–Crippen MR) is 65.3 cm³/mol. The lowest BCUT2D eigenvalue weighted by Crippen LogP contribution is -2.28. The number of benzene rings is 1. The molecule has 5 heteroatoms. The Labute approximate surface area is 105 Å². The Bertz CT molecular complexity index is 499. The van der Waals surface area contributed by atoms with Gasteiger partial charge in [-0.15, -0.1) is 0 Å². The summed E-state index contributed by atoms with van der Waals surface area (Å²) in [6.45, 7) is 1.59. The molecule has 0 amide bonds. The highest BCUT2D eigenvalue weighted by atomic mass is 16.5. The Morgan fingerprint density at radius 1 is 1.33 bits per heavy atom. The molecule has 1 unspecified atom stereocenters. The fraction of sp³-hybridized carbons (Fsp3) is 0.385. The average Bonchev–Trinajstić information content (AvgIpc) is 2.92. The molecular weight excluding hydrogens is 230 g/mol. The van der Waals surface area contributed by atoms with E-state index in [1.54, 1.807) is 0 Å². The first kappa shape index (κ1) is 11.2. The van der Waals surface area contributed by atoms with E-state index in [2.05, 4.69) is 21.5 Å². The first-order valence-corrected chi connectivity index (χ1v) is 6.14. The zero-order valence-electron chi connectivity index (χ0n) is 10.0. The number of para-hydroxylation sites is 1. The molecule has 0 radical (unpaired) electrons. The quantitative estimate of drug-likeness (QED) is 0.888. The van der Waals surface area contributed by atoms with E-state index >= 15 is 0 Å². The first-order chi connectivity index (χ1) is 8.93. The van der Waals surface area contributed by atoms with Crippen molar-refractivity contribution in [2.24, 2.45) is 0 Å². The van der Waals surface area contributed by atoms with Crippen molar-refractivity contribution in [3.63, 3.8) is 0 Å². The van der Waals surface area contributed by atoms with Crippen LogP contribution in [0.4, 0.5) is 0 Å². The fourth-order valence-corrected chi connectivity index (χ4v) is 2.21. The monoisotopic (exact) mass is 245 g/mol. The number of rotatable bonds is 4. The molecule has 1 aromatic heterocycles. The predicted octanol–water partition coefficient (Wildman–Crippen LogP) is 1.73. The van der Waals surface area contributed by atoms with Gasteiger partial charge in [0.1, 0.15) is 5.75 Å². The molecule has 0 fully saturated rings. The van der Waals surface area contributed by atoms with E-state index < -0.39 is 0 Å². The van der Waals surface area contributed by atoms with Gasteiger partial charge < -0.3 is 14.6 Å². The Balaban J connectivity index is 1.60. The van der Waals surface area contributed by atoms with Gasteiger partial charge in [0.05, 0.1) is 6.61 Å². The molecule has 0 spiro atoms. The molecule has 0 saturated carbocycles. The highest BCUT2D eigenvalue weighted by Crippen LogP contribution is 2.31. The van der Waals surface area contributed by atoms with Gasteiger partial charge in [-0.05, 0) is 6.07 Å². The molecule has 1 aliphatic rings. The molecule has 2 heterocycles. The standard InChI is InChI=1S/C13H15N3O2/c1-2-4-12-10(3-1)11(6-8-17-12)14-7-5-13-15-9-18-16-13/h1-4,9,11,14H,5-8H2. The van der Waals surface area contributed by atoms with Crippen molar-refractivity contribution in [1.82, 2.24) is 15.5 Å². The molecule has 1 aliphatic heterocycles. The Hall–Kier alpha value is -1.88. The number of aromatic nitrogens is 2. The molecule has 3 rings (SSSR count). The number of nitrogens with zero attached hydrogens (tertiary/aromatic N) is 2. The van der Waals surface area contributed by atoms with Gasteiger partial charge in [-0.25, -0.2) is 0 Å². The summed E-state index contributed by atoms with van der Waals surface area (Å²) < 4.78 is 10.3. The molecule has 5 nitrogen and oxygen atoms in total. The Kier molecular flexibility index (Phi) is 3.23. The minimum atomic E-state index is 0.349. The molecule has 1 atom stereocenters. The summed E-state index contributed by atoms with van der Waals surface area (Å²) in [5, 5.41) is 7.31. The van der Waals surface area contributed by atoms with Gasteiger partial charge in [0.25, 0.3) is 0 Å². The van der Waals surface area contributed by atoms with Gasteiger partial charge in [-0.1, -0.05) is 23.4 Å². The van der Waals surface area contributed by atoms with Gasteiger partial charge in [0.15, 0.2) is 5.82 Å². The molecule has 2 aromatic rings. The largest absolute Gasteiger partial charge is 0.493 e. The van der Waals surface area contributed by atoms with Crippen LogP contribution in [0.2, 0.25) is 0 Å². The lowest BCUT2D eigenvalue weighted by molar-refractivity contribution is 0.253. The Morgan fingerprint density at radius 2 is 2.28 bits per heavy atom. The van der Waals surface area contributed by atoms with Crippen molar-refractivity contribution < 1.29 is 9.26 Å². The fourth-order valence-electron chi connectivity index (χ4n) is 2.21. The molecule has 0 aliphatic carbocycles. The minimum Gasteiger partial charge on any atom is -0.493 e. The third kappa shape index (κ3) is 2.36. The van der Waals surface area contributed by atoms with Crippen molar-refractivity contribution in [1.29, 1.82) is 0 Å². The average molecular weight is 245 g/mol. The third-order valence-electron chi connectivity index (χ3n) is 3.10. The van der Waals surface area contributed by atoms with Crippen LogP contribution < -0.4 is 10.1 Å². The summed E-state index contributed by atoms with van der Waals surface area (Å²) in [4.78, 5) is 4.00. The summed E-state index contributed by atoms with van der Waals surface area (Å²) in [6.07, 6.45) is 3.12. The number of hydrogen-bond acceptors (Lipinski definition) is 5. The molecule has 18 heavy (non-hydrogen) atoms. The first-order valence-electron chi connectivity index (χ1n) is 6.14. The van der Waals surface area contributed by atoms with Crippen LogP contribution in [0.15, 0.2) is 35.2 Å². The van der Waals surface area contributed by atoms with Crippen LogP contribution >= 0.6 is 0 Å². The normalized spacial score (nSPS) is 18.1. The maximum atomic E-state index is 5.63. The smallest absolute Gasteiger partial charge is 0.213 e. The maximum absolute atomic E-state index is 5.63. The SMILES string of the molecule is c1ccc2c(c1)OCCC2NCCc1ncon1. The second-order valence-electron chi connectivity index (χ2n) is 4.28. The molecule has 0 saturated heterocycles. The van der Waals surface area contributed by atoms with Crippen molar-refractivity contribution in [2.75, 3.05) is 13.2 Å². The van der Waals surface area contributed by atoms with Gasteiger partial charge in [0.2, 0.25) is 6.39 Å². The third-order valence-corrected chi connectivity index (χ3v) is 3.10. The molecule has 1 N–H and O–H groups in total. The van der Waals surface area contributed by atoms with Gasteiger partial charge in [-0.3, -0.25) is 0 Å².